The molecule has 5 heteroatoms. The number of rotatable bonds is 4. The summed E-state index contributed by atoms with van der Waals surface area (Å²) in [6.45, 7) is 6.36. The number of fused-ring (bicyclic) bond motifs is 1. The van der Waals surface area contributed by atoms with Crippen molar-refractivity contribution in [1.82, 2.24) is 10.6 Å². The molecule has 34 heavy (non-hydrogen) atoms. The van der Waals surface area contributed by atoms with Gasteiger partial charge in [-0.3, -0.25) is 4.99 Å². The fourth-order valence-corrected chi connectivity index (χ4v) is 5.33. The lowest BCUT2D eigenvalue weighted by atomic mass is 9.84. The average Bonchev–Trinajstić information content (AvgIpc) is 3.02. The van der Waals surface area contributed by atoms with E-state index in [-0.39, 0.29) is 0 Å². The van der Waals surface area contributed by atoms with Gasteiger partial charge in [-0.1, -0.05) is 71.7 Å². The molecule has 2 aliphatic carbocycles. The standard InChI is InChI=1S/C29H31Cl2N3/c1-18-8-10-20(11-9-18)28-24-14-12-21(19(2)34-29(32-3)33-4)16-22(24)6-5-7-26(28)25-15-13-23(30)17-27(25)31/h8-12,14,16-17H,2,5-7,13,15H2,1,3-4H3,(H2,32,33,34). The maximum atomic E-state index is 6.76. The first-order valence-electron chi connectivity index (χ1n) is 11.7. The Morgan fingerprint density at radius 1 is 0.971 bits per heavy atom. The molecule has 2 aromatic rings. The van der Waals surface area contributed by atoms with Gasteiger partial charge in [0.05, 0.1) is 0 Å². The number of nitrogens with one attached hydrogen (secondary N) is 2. The van der Waals surface area contributed by atoms with E-state index in [4.69, 9.17) is 23.2 Å². The van der Waals surface area contributed by atoms with Crippen LogP contribution < -0.4 is 10.6 Å². The zero-order chi connectivity index (χ0) is 24.2. The summed E-state index contributed by atoms with van der Waals surface area (Å²) < 4.78 is 0. The van der Waals surface area contributed by atoms with E-state index in [1.807, 2.05) is 13.1 Å². The van der Waals surface area contributed by atoms with E-state index in [1.54, 1.807) is 7.05 Å². The van der Waals surface area contributed by atoms with Crippen LogP contribution in [0.25, 0.3) is 11.3 Å². The van der Waals surface area contributed by atoms with E-state index in [2.05, 4.69) is 71.6 Å². The molecular weight excluding hydrogens is 461 g/mol. The van der Waals surface area contributed by atoms with Crippen molar-refractivity contribution in [3.05, 3.63) is 104 Å². The molecule has 0 amide bonds. The molecule has 0 heterocycles. The van der Waals surface area contributed by atoms with E-state index in [0.29, 0.717) is 5.96 Å². The number of hydrogen-bond donors (Lipinski definition) is 2. The molecule has 0 saturated carbocycles. The molecule has 2 aromatic carbocycles. The first kappa shape index (κ1) is 24.4. The first-order valence-corrected chi connectivity index (χ1v) is 12.5. The minimum atomic E-state index is 0.688. The van der Waals surface area contributed by atoms with Crippen LogP contribution in [0.4, 0.5) is 0 Å². The molecule has 4 rings (SSSR count). The van der Waals surface area contributed by atoms with Gasteiger partial charge in [-0.25, -0.2) is 0 Å². The predicted octanol–water partition coefficient (Wildman–Crippen LogP) is 7.31. The lowest BCUT2D eigenvalue weighted by Crippen LogP contribution is -2.33. The normalized spacial score (nSPS) is 16.6. The summed E-state index contributed by atoms with van der Waals surface area (Å²) in [7, 11) is 3.59. The Bertz CT molecular complexity index is 1230. The van der Waals surface area contributed by atoms with Crippen LogP contribution in [0.2, 0.25) is 0 Å². The lowest BCUT2D eigenvalue weighted by Gasteiger charge is -2.22. The van der Waals surface area contributed by atoms with Gasteiger partial charge < -0.3 is 10.6 Å². The molecule has 0 spiro atoms. The molecule has 0 atom stereocenters. The Kier molecular flexibility index (Phi) is 7.65. The van der Waals surface area contributed by atoms with Crippen LogP contribution in [0.1, 0.15) is 53.5 Å². The summed E-state index contributed by atoms with van der Waals surface area (Å²) in [5.74, 6) is 0.688. The topological polar surface area (TPSA) is 36.4 Å². The smallest absolute Gasteiger partial charge is 0.195 e. The Morgan fingerprint density at radius 3 is 2.41 bits per heavy atom. The van der Waals surface area contributed by atoms with Crippen molar-refractivity contribution in [3.63, 3.8) is 0 Å². The second kappa shape index (κ2) is 10.7. The molecule has 0 aromatic heterocycles. The second-order valence-corrected chi connectivity index (χ2v) is 9.68. The fourth-order valence-electron chi connectivity index (χ4n) is 4.73. The van der Waals surface area contributed by atoms with Gasteiger partial charge in [0.25, 0.3) is 0 Å². The van der Waals surface area contributed by atoms with Crippen LogP contribution in [0, 0.1) is 6.92 Å². The van der Waals surface area contributed by atoms with Gasteiger partial charge in [-0.15, -0.1) is 0 Å². The number of nitrogens with zero attached hydrogens (tertiary/aromatic N) is 1. The minimum Gasteiger partial charge on any atom is -0.359 e. The quantitative estimate of drug-likeness (QED) is 0.347. The van der Waals surface area contributed by atoms with Crippen molar-refractivity contribution in [3.8, 4) is 0 Å². The second-order valence-electron chi connectivity index (χ2n) is 8.79. The Hall–Kier alpha value is -2.75. The summed E-state index contributed by atoms with van der Waals surface area (Å²) in [6, 6.07) is 15.5. The average molecular weight is 492 g/mol. The maximum Gasteiger partial charge on any atom is 0.195 e. The zero-order valence-corrected chi connectivity index (χ0v) is 21.6. The Labute approximate surface area is 213 Å². The number of halogens is 2. The van der Waals surface area contributed by atoms with Crippen LogP contribution in [-0.4, -0.2) is 20.1 Å². The summed E-state index contributed by atoms with van der Waals surface area (Å²) >= 11 is 13.1. The monoisotopic (exact) mass is 491 g/mol. The molecule has 2 N–H and O–H groups in total. The third-order valence-corrected chi connectivity index (χ3v) is 7.15. The van der Waals surface area contributed by atoms with Crippen LogP contribution in [0.15, 0.2) is 81.3 Å². The highest BCUT2D eigenvalue weighted by atomic mass is 35.5. The molecule has 0 saturated heterocycles. The number of aryl methyl sites for hydroxylation is 2. The van der Waals surface area contributed by atoms with Gasteiger partial charge >= 0.3 is 0 Å². The SMILES string of the molecule is C=C(NC(=NC)NC)c1ccc2c(c1)CCCC(C1=C(Cl)C=C(Cl)CC1)=C2c1ccc(C)cc1. The summed E-state index contributed by atoms with van der Waals surface area (Å²) in [5, 5.41) is 7.91. The van der Waals surface area contributed by atoms with Crippen molar-refractivity contribution in [1.29, 1.82) is 0 Å². The maximum absolute atomic E-state index is 6.76. The molecule has 2 aliphatic rings. The predicted molar refractivity (Wildman–Crippen MR) is 147 cm³/mol. The molecule has 3 nitrogen and oxygen atoms in total. The van der Waals surface area contributed by atoms with Gasteiger partial charge in [0, 0.05) is 29.9 Å². The summed E-state index contributed by atoms with van der Waals surface area (Å²) in [6.07, 6.45) is 6.66. The third-order valence-electron chi connectivity index (χ3n) is 6.52. The van der Waals surface area contributed by atoms with Crippen molar-refractivity contribution in [2.75, 3.05) is 14.1 Å². The molecule has 0 radical (unpaired) electrons. The molecule has 0 fully saturated rings. The van der Waals surface area contributed by atoms with Crippen molar-refractivity contribution in [2.24, 2.45) is 4.99 Å². The molecule has 0 unspecified atom stereocenters. The Morgan fingerprint density at radius 2 is 1.74 bits per heavy atom. The number of benzene rings is 2. The van der Waals surface area contributed by atoms with Crippen LogP contribution >= 0.6 is 23.2 Å². The number of hydrogen-bond acceptors (Lipinski definition) is 1. The summed E-state index contributed by atoms with van der Waals surface area (Å²) in [5.41, 5.74) is 10.8. The van der Waals surface area contributed by atoms with E-state index in [1.165, 1.54) is 39.0 Å². The molecule has 176 valence electrons. The first-order chi connectivity index (χ1) is 16.4. The minimum absolute atomic E-state index is 0.688. The van der Waals surface area contributed by atoms with Gasteiger partial charge in [-0.2, -0.15) is 0 Å². The van der Waals surface area contributed by atoms with Gasteiger partial charge in [0.15, 0.2) is 5.96 Å². The van der Waals surface area contributed by atoms with Crippen LogP contribution in [0.5, 0.6) is 0 Å². The van der Waals surface area contributed by atoms with Gasteiger partial charge in [0.1, 0.15) is 0 Å². The fraction of sp³-hybridized carbons (Fsp3) is 0.276. The van der Waals surface area contributed by atoms with Crippen LogP contribution in [-0.2, 0) is 6.42 Å². The molecule has 0 aliphatic heterocycles. The van der Waals surface area contributed by atoms with Crippen LogP contribution in [0.3, 0.4) is 0 Å². The van der Waals surface area contributed by atoms with Crippen molar-refractivity contribution in [2.45, 2.75) is 39.0 Å². The molecule has 0 bridgehead atoms. The number of allylic oxidation sites excluding steroid dienone is 5. The highest BCUT2D eigenvalue weighted by molar-refractivity contribution is 6.35. The largest absolute Gasteiger partial charge is 0.359 e. The van der Waals surface area contributed by atoms with Gasteiger partial charge in [-0.05, 0) is 90.1 Å². The van der Waals surface area contributed by atoms with Gasteiger partial charge in [0.2, 0.25) is 0 Å². The third kappa shape index (κ3) is 5.16. The van der Waals surface area contributed by atoms with Crippen molar-refractivity contribution < 1.29 is 0 Å². The van der Waals surface area contributed by atoms with E-state index in [0.717, 1.165) is 53.4 Å². The molecular formula is C29H31Cl2N3. The highest BCUT2D eigenvalue weighted by Crippen LogP contribution is 2.43. The summed E-state index contributed by atoms with van der Waals surface area (Å²) in [4.78, 5) is 4.20. The van der Waals surface area contributed by atoms with E-state index >= 15 is 0 Å². The highest BCUT2D eigenvalue weighted by Gasteiger charge is 2.24. The number of guanidine groups is 1. The van der Waals surface area contributed by atoms with Crippen molar-refractivity contribution >= 4 is 40.4 Å². The lowest BCUT2D eigenvalue weighted by molar-refractivity contribution is 0.809. The van der Waals surface area contributed by atoms with E-state index < -0.39 is 0 Å². The zero-order valence-electron chi connectivity index (χ0n) is 20.1. The number of aliphatic imine (C=N–C) groups is 1. The Balaban J connectivity index is 1.86. The van der Waals surface area contributed by atoms with E-state index in [9.17, 15) is 0 Å².